The van der Waals surface area contributed by atoms with Crippen molar-refractivity contribution < 1.29 is 23.5 Å². The Balaban J connectivity index is 1.67. The van der Waals surface area contributed by atoms with Gasteiger partial charge in [-0.05, 0) is 92.4 Å². The highest BCUT2D eigenvalue weighted by molar-refractivity contribution is 6.10. The molecule has 7 nitrogen and oxygen atoms in total. The Kier molecular flexibility index (Phi) is 6.76. The number of carbonyl (C=O) groups excluding carboxylic acids is 2. The molecule has 3 aromatic carbocycles. The normalized spacial score (nSPS) is 14.6. The summed E-state index contributed by atoms with van der Waals surface area (Å²) < 4.78 is 16.9. The zero-order valence-electron chi connectivity index (χ0n) is 21.9. The van der Waals surface area contributed by atoms with E-state index in [4.69, 9.17) is 13.9 Å². The largest absolute Gasteiger partial charge is 0.494 e. The van der Waals surface area contributed by atoms with Crippen LogP contribution in [-0.2, 0) is 4.74 Å². The third-order valence-corrected chi connectivity index (χ3v) is 6.81. The number of anilines is 1. The Bertz CT molecular complexity index is 1580. The lowest BCUT2D eigenvalue weighted by Gasteiger charge is -2.25. The smallest absolute Gasteiger partial charge is 0.338 e. The molecule has 1 aromatic heterocycles. The molecule has 1 atom stereocenters. The average Bonchev–Trinajstić information content (AvgIpc) is 3.21. The SMILES string of the molecule is CCCOc1ccc(C2c3c(oc4cc(C)c(C)cc4c3=O)C(=O)N2c2ccc(C(=O)OCC)cc2)cc1. The Morgan fingerprint density at radius 2 is 1.63 bits per heavy atom. The number of hydrogen-bond acceptors (Lipinski definition) is 6. The quantitative estimate of drug-likeness (QED) is 0.278. The number of aryl methyl sites for hydroxylation is 2. The average molecular weight is 512 g/mol. The summed E-state index contributed by atoms with van der Waals surface area (Å²) in [4.78, 5) is 41.4. The van der Waals surface area contributed by atoms with Crippen molar-refractivity contribution in [3.05, 3.63) is 104 Å². The number of carbonyl (C=O) groups is 2. The summed E-state index contributed by atoms with van der Waals surface area (Å²) in [6, 6.07) is 16.9. The van der Waals surface area contributed by atoms with Crippen LogP contribution in [0.5, 0.6) is 5.75 Å². The molecule has 1 unspecified atom stereocenters. The fourth-order valence-electron chi connectivity index (χ4n) is 4.75. The minimum absolute atomic E-state index is 0.0246. The van der Waals surface area contributed by atoms with Crippen molar-refractivity contribution in [2.45, 2.75) is 40.2 Å². The molecule has 1 amide bonds. The lowest BCUT2D eigenvalue weighted by molar-refractivity contribution is 0.0526. The number of rotatable bonds is 7. The van der Waals surface area contributed by atoms with Crippen molar-refractivity contribution in [2.75, 3.05) is 18.1 Å². The molecular formula is C31H29NO6. The number of nitrogens with zero attached hydrogens (tertiary/aromatic N) is 1. The minimum atomic E-state index is -0.714. The number of amides is 1. The van der Waals surface area contributed by atoms with Gasteiger partial charge >= 0.3 is 5.97 Å². The van der Waals surface area contributed by atoms with Crippen molar-refractivity contribution in [1.29, 1.82) is 0 Å². The van der Waals surface area contributed by atoms with E-state index in [1.165, 1.54) is 0 Å². The maximum Gasteiger partial charge on any atom is 0.338 e. The molecule has 7 heteroatoms. The van der Waals surface area contributed by atoms with Crippen LogP contribution in [0.2, 0.25) is 0 Å². The van der Waals surface area contributed by atoms with E-state index in [0.717, 1.165) is 23.1 Å². The molecular weight excluding hydrogens is 482 g/mol. The summed E-state index contributed by atoms with van der Waals surface area (Å²) in [5.74, 6) is -0.126. The van der Waals surface area contributed by atoms with Gasteiger partial charge in [-0.1, -0.05) is 19.1 Å². The van der Waals surface area contributed by atoms with Crippen molar-refractivity contribution in [1.82, 2.24) is 0 Å². The minimum Gasteiger partial charge on any atom is -0.494 e. The van der Waals surface area contributed by atoms with Crippen LogP contribution in [0.1, 0.15) is 69.5 Å². The van der Waals surface area contributed by atoms with Crippen molar-refractivity contribution in [3.8, 4) is 5.75 Å². The molecule has 194 valence electrons. The molecule has 0 spiro atoms. The number of benzene rings is 3. The molecule has 38 heavy (non-hydrogen) atoms. The molecule has 4 aromatic rings. The van der Waals surface area contributed by atoms with E-state index in [1.807, 2.05) is 51.1 Å². The molecule has 0 saturated carbocycles. The van der Waals surface area contributed by atoms with Crippen molar-refractivity contribution in [2.24, 2.45) is 0 Å². The number of ether oxygens (including phenoxy) is 2. The van der Waals surface area contributed by atoms with Crippen LogP contribution in [-0.4, -0.2) is 25.1 Å². The Hall–Kier alpha value is -4.39. The third kappa shape index (κ3) is 4.34. The Labute approximate surface area is 220 Å². The first-order valence-electron chi connectivity index (χ1n) is 12.8. The van der Waals surface area contributed by atoms with Crippen molar-refractivity contribution >= 4 is 28.5 Å². The number of hydrogen-bond donors (Lipinski definition) is 0. The monoisotopic (exact) mass is 511 g/mol. The van der Waals surface area contributed by atoms with E-state index in [-0.39, 0.29) is 17.8 Å². The second-order valence-corrected chi connectivity index (χ2v) is 9.37. The molecule has 0 bridgehead atoms. The van der Waals surface area contributed by atoms with Gasteiger partial charge in [-0.3, -0.25) is 14.5 Å². The fraction of sp³-hybridized carbons (Fsp3) is 0.258. The molecule has 2 heterocycles. The molecule has 5 rings (SSSR count). The molecule has 0 N–H and O–H groups in total. The van der Waals surface area contributed by atoms with Gasteiger partial charge in [0.1, 0.15) is 11.3 Å². The Morgan fingerprint density at radius 1 is 0.947 bits per heavy atom. The van der Waals surface area contributed by atoms with E-state index < -0.39 is 17.9 Å². The highest BCUT2D eigenvalue weighted by Crippen LogP contribution is 2.41. The van der Waals surface area contributed by atoms with E-state index >= 15 is 0 Å². The summed E-state index contributed by atoms with van der Waals surface area (Å²) in [5, 5.41) is 0.437. The summed E-state index contributed by atoms with van der Waals surface area (Å²) in [6.07, 6.45) is 0.884. The standard InChI is InChI=1S/C31H29NO6/c1-5-15-37-23-13-9-20(10-14-23)27-26-28(33)24-16-18(3)19(4)17-25(24)38-29(26)30(34)32(27)22-11-7-21(8-12-22)31(35)36-6-2/h7-14,16-17,27H,5-6,15H2,1-4H3. The predicted octanol–water partition coefficient (Wildman–Crippen LogP) is 6.13. The zero-order chi connectivity index (χ0) is 27.0. The van der Waals surface area contributed by atoms with Crippen LogP contribution in [0.3, 0.4) is 0 Å². The van der Waals surface area contributed by atoms with Gasteiger partial charge in [-0.15, -0.1) is 0 Å². The van der Waals surface area contributed by atoms with Gasteiger partial charge in [0, 0.05) is 5.69 Å². The highest BCUT2D eigenvalue weighted by atomic mass is 16.5. The molecule has 1 aliphatic rings. The maximum atomic E-state index is 13.9. The first-order valence-corrected chi connectivity index (χ1v) is 12.8. The second kappa shape index (κ2) is 10.2. The van der Waals surface area contributed by atoms with Crippen LogP contribution < -0.4 is 15.1 Å². The van der Waals surface area contributed by atoms with Crippen LogP contribution in [0.4, 0.5) is 5.69 Å². The van der Waals surface area contributed by atoms with Gasteiger partial charge in [0.25, 0.3) is 5.91 Å². The molecule has 1 aliphatic heterocycles. The first kappa shape index (κ1) is 25.3. The van der Waals surface area contributed by atoms with Crippen LogP contribution in [0.25, 0.3) is 11.0 Å². The van der Waals surface area contributed by atoms with Gasteiger partial charge in [0.15, 0.2) is 5.43 Å². The van der Waals surface area contributed by atoms with Gasteiger partial charge in [-0.25, -0.2) is 4.79 Å². The van der Waals surface area contributed by atoms with Crippen LogP contribution in [0, 0.1) is 13.8 Å². The number of fused-ring (bicyclic) bond motifs is 2. The molecule has 0 radical (unpaired) electrons. The van der Waals surface area contributed by atoms with Crippen LogP contribution >= 0.6 is 0 Å². The van der Waals surface area contributed by atoms with Crippen LogP contribution in [0.15, 0.2) is 69.9 Å². The first-order chi connectivity index (χ1) is 18.3. The highest BCUT2D eigenvalue weighted by Gasteiger charge is 2.43. The maximum absolute atomic E-state index is 13.9. The lowest BCUT2D eigenvalue weighted by atomic mass is 9.97. The van der Waals surface area contributed by atoms with Crippen molar-refractivity contribution in [3.63, 3.8) is 0 Å². The predicted molar refractivity (Wildman–Crippen MR) is 145 cm³/mol. The van der Waals surface area contributed by atoms with E-state index in [1.54, 1.807) is 42.2 Å². The second-order valence-electron chi connectivity index (χ2n) is 9.37. The topological polar surface area (TPSA) is 86.0 Å². The summed E-state index contributed by atoms with van der Waals surface area (Å²) in [7, 11) is 0. The Morgan fingerprint density at radius 3 is 2.29 bits per heavy atom. The fourth-order valence-corrected chi connectivity index (χ4v) is 4.75. The number of esters is 1. The van der Waals surface area contributed by atoms with E-state index in [9.17, 15) is 14.4 Å². The van der Waals surface area contributed by atoms with Gasteiger partial charge in [0.2, 0.25) is 5.76 Å². The van der Waals surface area contributed by atoms with Gasteiger partial charge in [0.05, 0.1) is 35.8 Å². The van der Waals surface area contributed by atoms with E-state index in [2.05, 4.69) is 0 Å². The molecule has 0 saturated heterocycles. The zero-order valence-corrected chi connectivity index (χ0v) is 21.9. The summed E-state index contributed by atoms with van der Waals surface area (Å²) in [5.41, 5.74) is 4.02. The van der Waals surface area contributed by atoms with Gasteiger partial charge in [-0.2, -0.15) is 0 Å². The summed E-state index contributed by atoms with van der Waals surface area (Å²) >= 11 is 0. The molecule has 0 aliphatic carbocycles. The third-order valence-electron chi connectivity index (χ3n) is 6.81. The molecule has 0 fully saturated rings. The summed E-state index contributed by atoms with van der Waals surface area (Å²) in [6.45, 7) is 8.51. The van der Waals surface area contributed by atoms with E-state index in [0.29, 0.717) is 40.1 Å². The lowest BCUT2D eigenvalue weighted by Crippen LogP contribution is -2.29. The van der Waals surface area contributed by atoms with Gasteiger partial charge < -0.3 is 13.9 Å².